The van der Waals surface area contributed by atoms with Gasteiger partial charge < -0.3 is 5.32 Å². The van der Waals surface area contributed by atoms with E-state index >= 15 is 0 Å². The topological polar surface area (TPSA) is 29.1 Å². The highest BCUT2D eigenvalue weighted by Gasteiger charge is 2.20. The number of carbonyl (C=O) groups excluding carboxylic acids is 1. The van der Waals surface area contributed by atoms with Crippen LogP contribution in [-0.2, 0) is 4.79 Å². The van der Waals surface area contributed by atoms with E-state index in [0.29, 0.717) is 6.42 Å². The van der Waals surface area contributed by atoms with Crippen molar-refractivity contribution in [1.29, 1.82) is 0 Å². The standard InChI is InChI=1S/C13H17F2NOS/c1-4-12(16-13(17)8(2)18-3)10-7-9(14)5-6-11(10)15/h5-8,12H,4H2,1-3H3,(H,16,17). The van der Waals surface area contributed by atoms with Gasteiger partial charge in [0.1, 0.15) is 11.6 Å². The van der Waals surface area contributed by atoms with Gasteiger partial charge in [-0.1, -0.05) is 6.92 Å². The van der Waals surface area contributed by atoms with Crippen LogP contribution in [0, 0.1) is 11.6 Å². The van der Waals surface area contributed by atoms with Crippen LogP contribution in [0.5, 0.6) is 0 Å². The number of benzene rings is 1. The normalized spacial score (nSPS) is 14.1. The van der Waals surface area contributed by atoms with Gasteiger partial charge in [-0.15, -0.1) is 0 Å². The highest BCUT2D eigenvalue weighted by atomic mass is 32.2. The molecule has 0 spiro atoms. The second-order valence-electron chi connectivity index (χ2n) is 4.01. The van der Waals surface area contributed by atoms with Crippen molar-refractivity contribution in [3.05, 3.63) is 35.4 Å². The van der Waals surface area contributed by atoms with E-state index in [9.17, 15) is 13.6 Å². The Labute approximate surface area is 110 Å². The monoisotopic (exact) mass is 273 g/mol. The molecule has 0 aromatic heterocycles. The first-order chi connectivity index (χ1) is 8.49. The molecule has 1 rings (SSSR count). The minimum absolute atomic E-state index is 0.169. The Bertz CT molecular complexity index is 425. The third kappa shape index (κ3) is 3.70. The molecular formula is C13H17F2NOS. The summed E-state index contributed by atoms with van der Waals surface area (Å²) in [7, 11) is 0. The number of hydrogen-bond donors (Lipinski definition) is 1. The van der Waals surface area contributed by atoms with E-state index in [1.165, 1.54) is 11.8 Å². The van der Waals surface area contributed by atoms with Gasteiger partial charge in [0.05, 0.1) is 11.3 Å². The van der Waals surface area contributed by atoms with Gasteiger partial charge in [0.15, 0.2) is 0 Å². The Morgan fingerprint density at radius 3 is 2.67 bits per heavy atom. The molecule has 100 valence electrons. The van der Waals surface area contributed by atoms with Gasteiger partial charge in [0.2, 0.25) is 5.91 Å². The summed E-state index contributed by atoms with van der Waals surface area (Å²) >= 11 is 1.41. The Morgan fingerprint density at radius 1 is 1.44 bits per heavy atom. The Kier molecular flexibility index (Phi) is 5.59. The molecule has 0 heterocycles. The maximum absolute atomic E-state index is 13.6. The molecule has 2 unspecified atom stereocenters. The molecule has 1 N–H and O–H groups in total. The molecule has 0 aliphatic carbocycles. The summed E-state index contributed by atoms with van der Waals surface area (Å²) in [5, 5.41) is 2.52. The smallest absolute Gasteiger partial charge is 0.233 e. The lowest BCUT2D eigenvalue weighted by atomic mass is 10.0. The average molecular weight is 273 g/mol. The molecule has 2 atom stereocenters. The molecule has 2 nitrogen and oxygen atoms in total. The number of carbonyl (C=O) groups is 1. The van der Waals surface area contributed by atoms with Crippen molar-refractivity contribution in [2.75, 3.05) is 6.26 Å². The number of hydrogen-bond acceptors (Lipinski definition) is 2. The third-order valence-electron chi connectivity index (χ3n) is 2.78. The molecule has 0 saturated carbocycles. The van der Waals surface area contributed by atoms with Gasteiger partial charge >= 0.3 is 0 Å². The van der Waals surface area contributed by atoms with Gasteiger partial charge in [-0.25, -0.2) is 8.78 Å². The van der Waals surface area contributed by atoms with Crippen molar-refractivity contribution in [2.45, 2.75) is 31.6 Å². The average Bonchev–Trinajstić information content (AvgIpc) is 2.37. The van der Waals surface area contributed by atoms with Crippen LogP contribution >= 0.6 is 11.8 Å². The van der Waals surface area contributed by atoms with E-state index < -0.39 is 17.7 Å². The van der Waals surface area contributed by atoms with Crippen LogP contribution in [-0.4, -0.2) is 17.4 Å². The van der Waals surface area contributed by atoms with Crippen LogP contribution in [0.1, 0.15) is 31.9 Å². The largest absolute Gasteiger partial charge is 0.348 e. The number of halogens is 2. The molecule has 0 aliphatic heterocycles. The predicted molar refractivity (Wildman–Crippen MR) is 70.5 cm³/mol. The molecule has 18 heavy (non-hydrogen) atoms. The minimum Gasteiger partial charge on any atom is -0.348 e. The van der Waals surface area contributed by atoms with E-state index in [1.807, 2.05) is 13.2 Å². The predicted octanol–water partition coefficient (Wildman–Crippen LogP) is 3.28. The number of rotatable bonds is 5. The SMILES string of the molecule is CCC(NC(=O)C(C)SC)c1cc(F)ccc1F. The third-order valence-corrected chi connectivity index (χ3v) is 3.70. The van der Waals surface area contributed by atoms with Gasteiger partial charge in [-0.3, -0.25) is 4.79 Å². The molecule has 1 aromatic carbocycles. The second kappa shape index (κ2) is 6.73. The fraction of sp³-hybridized carbons (Fsp3) is 0.462. The van der Waals surface area contributed by atoms with E-state index in [2.05, 4.69) is 5.32 Å². The summed E-state index contributed by atoms with van der Waals surface area (Å²) in [4.78, 5) is 11.8. The van der Waals surface area contributed by atoms with Crippen molar-refractivity contribution < 1.29 is 13.6 Å². The van der Waals surface area contributed by atoms with Gasteiger partial charge in [-0.05, 0) is 37.8 Å². The first kappa shape index (κ1) is 15.0. The minimum atomic E-state index is -0.503. The first-order valence-corrected chi connectivity index (χ1v) is 7.06. The van der Waals surface area contributed by atoms with Crippen LogP contribution < -0.4 is 5.32 Å². The summed E-state index contributed by atoms with van der Waals surface area (Å²) < 4.78 is 26.7. The molecule has 0 aliphatic rings. The lowest BCUT2D eigenvalue weighted by Gasteiger charge is -2.20. The first-order valence-electron chi connectivity index (χ1n) is 5.77. The summed E-state index contributed by atoms with van der Waals surface area (Å²) in [5.41, 5.74) is 0.194. The maximum Gasteiger partial charge on any atom is 0.233 e. The summed E-state index contributed by atoms with van der Waals surface area (Å²) in [6.07, 6.45) is 2.33. The van der Waals surface area contributed by atoms with Crippen molar-refractivity contribution in [3.8, 4) is 0 Å². The fourth-order valence-corrected chi connectivity index (χ4v) is 1.86. The fourth-order valence-electron chi connectivity index (χ4n) is 1.58. The second-order valence-corrected chi connectivity index (χ2v) is 5.19. The zero-order valence-corrected chi connectivity index (χ0v) is 11.5. The molecule has 0 saturated heterocycles. The van der Waals surface area contributed by atoms with Crippen molar-refractivity contribution >= 4 is 17.7 Å². The van der Waals surface area contributed by atoms with Gasteiger partial charge in [0, 0.05) is 5.56 Å². The molecule has 5 heteroatoms. The molecule has 1 aromatic rings. The Hall–Kier alpha value is -1.10. The molecule has 0 fully saturated rings. The van der Waals surface area contributed by atoms with E-state index in [4.69, 9.17) is 0 Å². The maximum atomic E-state index is 13.6. The van der Waals surface area contributed by atoms with E-state index in [-0.39, 0.29) is 16.7 Å². The quantitative estimate of drug-likeness (QED) is 0.892. The Morgan fingerprint density at radius 2 is 2.11 bits per heavy atom. The zero-order valence-electron chi connectivity index (χ0n) is 10.7. The highest BCUT2D eigenvalue weighted by Crippen LogP contribution is 2.22. The van der Waals surface area contributed by atoms with Crippen LogP contribution in [0.25, 0.3) is 0 Å². The summed E-state index contributed by atoms with van der Waals surface area (Å²) in [6, 6.07) is 2.78. The molecule has 0 bridgehead atoms. The van der Waals surface area contributed by atoms with Crippen LogP contribution in [0.2, 0.25) is 0 Å². The van der Waals surface area contributed by atoms with E-state index in [0.717, 1.165) is 18.2 Å². The van der Waals surface area contributed by atoms with E-state index in [1.54, 1.807) is 6.92 Å². The number of thioether (sulfide) groups is 1. The molecular weight excluding hydrogens is 256 g/mol. The molecule has 1 amide bonds. The van der Waals surface area contributed by atoms with Crippen LogP contribution in [0.15, 0.2) is 18.2 Å². The summed E-state index contributed by atoms with van der Waals surface area (Å²) in [5.74, 6) is -1.17. The van der Waals surface area contributed by atoms with Crippen molar-refractivity contribution in [3.63, 3.8) is 0 Å². The summed E-state index contributed by atoms with van der Waals surface area (Å²) in [6.45, 7) is 3.59. The number of amides is 1. The lowest BCUT2D eigenvalue weighted by molar-refractivity contribution is -0.121. The zero-order chi connectivity index (χ0) is 13.7. The Balaban J connectivity index is 2.89. The highest BCUT2D eigenvalue weighted by molar-refractivity contribution is 7.99. The van der Waals surface area contributed by atoms with Gasteiger partial charge in [0.25, 0.3) is 0 Å². The van der Waals surface area contributed by atoms with Crippen LogP contribution in [0.3, 0.4) is 0 Å². The lowest BCUT2D eigenvalue weighted by Crippen LogP contribution is -2.34. The van der Waals surface area contributed by atoms with Crippen molar-refractivity contribution in [1.82, 2.24) is 5.32 Å². The number of nitrogens with one attached hydrogen (secondary N) is 1. The van der Waals surface area contributed by atoms with Crippen LogP contribution in [0.4, 0.5) is 8.78 Å². The van der Waals surface area contributed by atoms with Crippen molar-refractivity contribution in [2.24, 2.45) is 0 Å². The molecule has 0 radical (unpaired) electrons. The van der Waals surface area contributed by atoms with Gasteiger partial charge in [-0.2, -0.15) is 11.8 Å².